The fourth-order valence-electron chi connectivity index (χ4n) is 2.94. The minimum atomic E-state index is 0.661. The van der Waals surface area contributed by atoms with E-state index in [0.29, 0.717) is 12.1 Å². The summed E-state index contributed by atoms with van der Waals surface area (Å²) in [6.07, 6.45) is 5.08. The van der Waals surface area contributed by atoms with Gasteiger partial charge in [0.25, 0.3) is 0 Å². The molecule has 18 heavy (non-hydrogen) atoms. The van der Waals surface area contributed by atoms with Crippen LogP contribution in [0.2, 0.25) is 0 Å². The second-order valence-corrected chi connectivity index (χ2v) is 5.04. The number of hydrogen-bond donors (Lipinski definition) is 1. The Hall–Kier alpha value is -0.160. The first-order valence-electron chi connectivity index (χ1n) is 7.28. The molecular weight excluding hydrogens is 228 g/mol. The van der Waals surface area contributed by atoms with Gasteiger partial charge < -0.3 is 14.8 Å². The molecule has 0 radical (unpaired) electrons. The standard InChI is InChI=1S/C14H30N2O2/c1-4-15-13-7-5-8-14(13)16(10-12-18-3)9-6-11-17-2/h13-15H,4-12H2,1-3H3. The van der Waals surface area contributed by atoms with Crippen LogP contribution in [0.3, 0.4) is 0 Å². The summed E-state index contributed by atoms with van der Waals surface area (Å²) >= 11 is 0. The average molecular weight is 258 g/mol. The highest BCUT2D eigenvalue weighted by Crippen LogP contribution is 2.24. The van der Waals surface area contributed by atoms with Gasteiger partial charge in [-0.1, -0.05) is 13.3 Å². The summed E-state index contributed by atoms with van der Waals surface area (Å²) in [5.74, 6) is 0. The highest BCUT2D eigenvalue weighted by molar-refractivity contribution is 4.90. The van der Waals surface area contributed by atoms with E-state index >= 15 is 0 Å². The van der Waals surface area contributed by atoms with Crippen LogP contribution in [0.15, 0.2) is 0 Å². The summed E-state index contributed by atoms with van der Waals surface area (Å²) < 4.78 is 10.4. The maximum absolute atomic E-state index is 5.24. The third kappa shape index (κ3) is 5.22. The number of nitrogens with zero attached hydrogens (tertiary/aromatic N) is 1. The normalized spacial score (nSPS) is 24.0. The Bertz CT molecular complexity index is 202. The molecule has 0 aromatic heterocycles. The van der Waals surface area contributed by atoms with E-state index in [0.717, 1.165) is 39.3 Å². The number of hydrogen-bond acceptors (Lipinski definition) is 4. The van der Waals surface area contributed by atoms with Crippen molar-refractivity contribution < 1.29 is 9.47 Å². The smallest absolute Gasteiger partial charge is 0.0589 e. The number of methoxy groups -OCH3 is 2. The van der Waals surface area contributed by atoms with E-state index in [-0.39, 0.29) is 0 Å². The Morgan fingerprint density at radius 1 is 1.11 bits per heavy atom. The zero-order valence-electron chi connectivity index (χ0n) is 12.3. The molecule has 0 spiro atoms. The molecule has 0 aliphatic heterocycles. The molecular formula is C14H30N2O2. The van der Waals surface area contributed by atoms with Gasteiger partial charge in [-0.05, 0) is 25.8 Å². The van der Waals surface area contributed by atoms with Gasteiger partial charge in [0.1, 0.15) is 0 Å². The van der Waals surface area contributed by atoms with E-state index in [1.807, 2.05) is 0 Å². The van der Waals surface area contributed by atoms with Gasteiger partial charge in [-0.25, -0.2) is 0 Å². The lowest BCUT2D eigenvalue weighted by molar-refractivity contribution is 0.0980. The van der Waals surface area contributed by atoms with E-state index in [2.05, 4.69) is 17.1 Å². The first-order valence-corrected chi connectivity index (χ1v) is 7.28. The lowest BCUT2D eigenvalue weighted by Crippen LogP contribution is -2.48. The number of likely N-dealkylation sites (N-methyl/N-ethyl adjacent to an activating group) is 1. The predicted molar refractivity (Wildman–Crippen MR) is 75.0 cm³/mol. The average Bonchev–Trinajstić information content (AvgIpc) is 2.82. The largest absolute Gasteiger partial charge is 0.385 e. The van der Waals surface area contributed by atoms with Crippen LogP contribution >= 0.6 is 0 Å². The summed E-state index contributed by atoms with van der Waals surface area (Å²) in [4.78, 5) is 2.59. The molecule has 1 rings (SSSR count). The van der Waals surface area contributed by atoms with Crippen LogP contribution in [-0.4, -0.2) is 64.1 Å². The van der Waals surface area contributed by atoms with Crippen LogP contribution in [0.25, 0.3) is 0 Å². The van der Waals surface area contributed by atoms with Gasteiger partial charge in [-0.2, -0.15) is 0 Å². The van der Waals surface area contributed by atoms with Crippen LogP contribution in [0.4, 0.5) is 0 Å². The van der Waals surface area contributed by atoms with Crippen LogP contribution in [0.1, 0.15) is 32.6 Å². The van der Waals surface area contributed by atoms with E-state index in [1.54, 1.807) is 14.2 Å². The van der Waals surface area contributed by atoms with Gasteiger partial charge >= 0.3 is 0 Å². The van der Waals surface area contributed by atoms with Crippen LogP contribution < -0.4 is 5.32 Å². The topological polar surface area (TPSA) is 33.7 Å². The van der Waals surface area contributed by atoms with Crippen molar-refractivity contribution in [3.63, 3.8) is 0 Å². The summed E-state index contributed by atoms with van der Waals surface area (Å²) in [6.45, 7) is 7.08. The van der Waals surface area contributed by atoms with Crippen molar-refractivity contribution in [3.05, 3.63) is 0 Å². The Labute approximate surface area is 112 Å². The Balaban J connectivity index is 2.45. The van der Waals surface area contributed by atoms with Crippen molar-refractivity contribution in [2.24, 2.45) is 0 Å². The van der Waals surface area contributed by atoms with Gasteiger partial charge in [0.15, 0.2) is 0 Å². The van der Waals surface area contributed by atoms with E-state index in [9.17, 15) is 0 Å². The molecule has 0 amide bonds. The lowest BCUT2D eigenvalue weighted by Gasteiger charge is -2.33. The summed E-state index contributed by atoms with van der Waals surface area (Å²) in [5.41, 5.74) is 0. The maximum atomic E-state index is 5.24. The highest BCUT2D eigenvalue weighted by atomic mass is 16.5. The quantitative estimate of drug-likeness (QED) is 0.602. The van der Waals surface area contributed by atoms with Gasteiger partial charge in [0, 0.05) is 46.0 Å². The Morgan fingerprint density at radius 2 is 1.89 bits per heavy atom. The SMILES string of the molecule is CCNC1CCCC1N(CCCOC)CCOC. The lowest BCUT2D eigenvalue weighted by atomic mass is 10.1. The van der Waals surface area contributed by atoms with Crippen LogP contribution in [-0.2, 0) is 9.47 Å². The second-order valence-electron chi connectivity index (χ2n) is 5.04. The second kappa shape index (κ2) is 9.73. The van der Waals surface area contributed by atoms with Crippen molar-refractivity contribution in [2.75, 3.05) is 47.1 Å². The van der Waals surface area contributed by atoms with Gasteiger partial charge in [-0.15, -0.1) is 0 Å². The maximum Gasteiger partial charge on any atom is 0.0589 e. The van der Waals surface area contributed by atoms with Crippen LogP contribution in [0.5, 0.6) is 0 Å². The van der Waals surface area contributed by atoms with Crippen molar-refractivity contribution in [2.45, 2.75) is 44.7 Å². The molecule has 2 unspecified atom stereocenters. The molecule has 4 nitrogen and oxygen atoms in total. The van der Waals surface area contributed by atoms with Crippen molar-refractivity contribution in [1.82, 2.24) is 10.2 Å². The number of rotatable bonds is 10. The first kappa shape index (κ1) is 15.9. The molecule has 1 N–H and O–H groups in total. The number of ether oxygens (including phenoxy) is 2. The van der Waals surface area contributed by atoms with Crippen molar-refractivity contribution in [1.29, 1.82) is 0 Å². The molecule has 0 heterocycles. The molecule has 0 aromatic carbocycles. The molecule has 108 valence electrons. The minimum Gasteiger partial charge on any atom is -0.385 e. The van der Waals surface area contributed by atoms with Crippen LogP contribution in [0, 0.1) is 0 Å². The summed E-state index contributed by atoms with van der Waals surface area (Å²) in [5, 5.41) is 3.63. The molecule has 1 fully saturated rings. The van der Waals surface area contributed by atoms with Gasteiger partial charge in [-0.3, -0.25) is 4.90 Å². The summed E-state index contributed by atoms with van der Waals surface area (Å²) in [6, 6.07) is 1.34. The van der Waals surface area contributed by atoms with Crippen molar-refractivity contribution in [3.8, 4) is 0 Å². The minimum absolute atomic E-state index is 0.661. The molecule has 1 aliphatic rings. The fourth-order valence-corrected chi connectivity index (χ4v) is 2.94. The molecule has 4 heteroatoms. The fraction of sp³-hybridized carbons (Fsp3) is 1.00. The summed E-state index contributed by atoms with van der Waals surface area (Å²) in [7, 11) is 3.56. The monoisotopic (exact) mass is 258 g/mol. The Kier molecular flexibility index (Phi) is 8.59. The molecule has 1 aliphatic carbocycles. The molecule has 2 atom stereocenters. The molecule has 0 saturated heterocycles. The van der Waals surface area contributed by atoms with E-state index in [1.165, 1.54) is 19.3 Å². The zero-order valence-corrected chi connectivity index (χ0v) is 12.3. The van der Waals surface area contributed by atoms with Gasteiger partial charge in [0.05, 0.1) is 6.61 Å². The number of nitrogens with one attached hydrogen (secondary N) is 1. The molecule has 1 saturated carbocycles. The third-order valence-corrected chi connectivity index (χ3v) is 3.79. The first-order chi connectivity index (χ1) is 8.83. The van der Waals surface area contributed by atoms with E-state index < -0.39 is 0 Å². The molecule has 0 aromatic rings. The third-order valence-electron chi connectivity index (χ3n) is 3.79. The highest BCUT2D eigenvalue weighted by Gasteiger charge is 2.30. The molecule has 0 bridgehead atoms. The van der Waals surface area contributed by atoms with E-state index in [4.69, 9.17) is 9.47 Å². The van der Waals surface area contributed by atoms with Crippen molar-refractivity contribution >= 4 is 0 Å². The predicted octanol–water partition coefficient (Wildman–Crippen LogP) is 1.50. The Morgan fingerprint density at radius 3 is 2.56 bits per heavy atom. The van der Waals surface area contributed by atoms with Gasteiger partial charge in [0.2, 0.25) is 0 Å². The zero-order chi connectivity index (χ0) is 13.2.